The lowest BCUT2D eigenvalue weighted by Gasteiger charge is -2.32. The zero-order chi connectivity index (χ0) is 11.5. The molecule has 1 aliphatic heterocycles. The quantitative estimate of drug-likeness (QED) is 0.565. The molecule has 0 aromatic rings. The molecule has 0 amide bonds. The Morgan fingerprint density at radius 3 is 2.88 bits per heavy atom. The van der Waals surface area contributed by atoms with Gasteiger partial charge in [-0.3, -0.25) is 5.01 Å². The number of aliphatic imine (C=N–C) groups is 1. The fourth-order valence-electron chi connectivity index (χ4n) is 1.79. The monoisotopic (exact) mass is 282 g/mol. The zero-order valence-corrected chi connectivity index (χ0v) is 10.5. The van der Waals surface area contributed by atoms with Crippen LogP contribution in [0.2, 0.25) is 0 Å². The maximum absolute atomic E-state index is 6.07. The Bertz CT molecular complexity index is 383. The third kappa shape index (κ3) is 2.42. The number of nitrogens with zero attached hydrogens (tertiary/aromatic N) is 2. The van der Waals surface area contributed by atoms with Crippen molar-refractivity contribution in [2.75, 3.05) is 0 Å². The van der Waals surface area contributed by atoms with Crippen LogP contribution < -0.4 is 11.6 Å². The van der Waals surface area contributed by atoms with E-state index >= 15 is 0 Å². The van der Waals surface area contributed by atoms with Gasteiger partial charge in [0.15, 0.2) is 0 Å². The molecule has 2 aliphatic rings. The van der Waals surface area contributed by atoms with Crippen LogP contribution in [-0.4, -0.2) is 22.9 Å². The van der Waals surface area contributed by atoms with E-state index in [0.717, 1.165) is 23.2 Å². The predicted molar refractivity (Wildman–Crippen MR) is 69.7 cm³/mol. The van der Waals surface area contributed by atoms with E-state index in [1.165, 1.54) is 0 Å². The summed E-state index contributed by atoms with van der Waals surface area (Å²) in [5.41, 5.74) is 5.97. The minimum absolute atomic E-state index is 0.104. The van der Waals surface area contributed by atoms with Gasteiger partial charge in [-0.1, -0.05) is 34.2 Å². The van der Waals surface area contributed by atoms with Crippen molar-refractivity contribution in [1.82, 2.24) is 5.01 Å². The predicted octanol–water partition coefficient (Wildman–Crippen LogP) is 1.41. The lowest BCUT2D eigenvalue weighted by molar-refractivity contribution is 0.358. The average molecular weight is 283 g/mol. The van der Waals surface area contributed by atoms with Gasteiger partial charge in [0.2, 0.25) is 0 Å². The summed E-state index contributed by atoms with van der Waals surface area (Å²) in [6.07, 6.45) is 11.5. The normalized spacial score (nSPS) is 28.7. The van der Waals surface area contributed by atoms with Crippen molar-refractivity contribution in [3.63, 3.8) is 0 Å². The van der Waals surface area contributed by atoms with Crippen LogP contribution in [0.25, 0.3) is 0 Å². The molecule has 4 N–H and O–H groups in total. The number of hydrazine groups is 1. The highest BCUT2D eigenvalue weighted by atomic mass is 79.9. The van der Waals surface area contributed by atoms with Crippen LogP contribution in [0.5, 0.6) is 0 Å². The smallest absolute Gasteiger partial charge is 0.136 e. The molecule has 0 bridgehead atoms. The van der Waals surface area contributed by atoms with Crippen molar-refractivity contribution in [3.8, 4) is 0 Å². The molecular weight excluding hydrogens is 268 g/mol. The Morgan fingerprint density at radius 1 is 1.38 bits per heavy atom. The lowest BCUT2D eigenvalue weighted by Crippen LogP contribution is -2.52. The molecule has 2 atom stereocenters. The van der Waals surface area contributed by atoms with Crippen molar-refractivity contribution >= 4 is 21.8 Å². The summed E-state index contributed by atoms with van der Waals surface area (Å²) in [4.78, 5) is 4.25. The Balaban J connectivity index is 2.13. The Kier molecular flexibility index (Phi) is 3.58. The van der Waals surface area contributed by atoms with E-state index in [2.05, 4.69) is 33.1 Å². The fraction of sp³-hybridized carbons (Fsp3) is 0.364. The van der Waals surface area contributed by atoms with Gasteiger partial charge in [-0.05, 0) is 18.9 Å². The van der Waals surface area contributed by atoms with Gasteiger partial charge < -0.3 is 5.73 Å². The topological polar surface area (TPSA) is 67.6 Å². The zero-order valence-electron chi connectivity index (χ0n) is 8.88. The maximum Gasteiger partial charge on any atom is 0.136 e. The first-order chi connectivity index (χ1) is 7.68. The van der Waals surface area contributed by atoms with Crippen LogP contribution in [-0.2, 0) is 0 Å². The maximum atomic E-state index is 6.07. The van der Waals surface area contributed by atoms with Crippen molar-refractivity contribution < 1.29 is 0 Å². The molecule has 1 heterocycles. The summed E-state index contributed by atoms with van der Waals surface area (Å²) in [6, 6.07) is 0.0174. The number of rotatable bonds is 1. The average Bonchev–Trinajstić information content (AvgIpc) is 2.29. The number of allylic oxidation sites excluding steroid dienone is 2. The molecule has 0 saturated heterocycles. The molecule has 0 saturated carbocycles. The SMILES string of the molecule is NC1CC=CN=C1N(N)C1C=C(Br)C=CC1. The molecule has 0 fully saturated rings. The molecule has 2 rings (SSSR count). The number of hydrogen-bond acceptors (Lipinski definition) is 4. The first-order valence-electron chi connectivity index (χ1n) is 5.24. The molecule has 0 aromatic heterocycles. The molecule has 0 aromatic carbocycles. The van der Waals surface area contributed by atoms with Crippen LogP contribution in [0, 0.1) is 0 Å². The summed E-state index contributed by atoms with van der Waals surface area (Å²) >= 11 is 3.44. The van der Waals surface area contributed by atoms with Crippen LogP contribution in [0.1, 0.15) is 12.8 Å². The molecule has 5 heteroatoms. The van der Waals surface area contributed by atoms with Crippen LogP contribution in [0.15, 0.2) is 40.0 Å². The second-order valence-electron chi connectivity index (χ2n) is 3.88. The molecule has 2 unspecified atom stereocenters. The molecule has 4 nitrogen and oxygen atoms in total. The highest BCUT2D eigenvalue weighted by molar-refractivity contribution is 9.11. The highest BCUT2D eigenvalue weighted by Crippen LogP contribution is 2.19. The van der Waals surface area contributed by atoms with Crippen LogP contribution >= 0.6 is 15.9 Å². The largest absolute Gasteiger partial charge is 0.321 e. The first-order valence-corrected chi connectivity index (χ1v) is 6.04. The second-order valence-corrected chi connectivity index (χ2v) is 4.79. The van der Waals surface area contributed by atoms with E-state index in [0.29, 0.717) is 0 Å². The molecule has 0 radical (unpaired) electrons. The standard InChI is InChI=1S/C11H15BrN4/c12-8-3-1-4-9(7-8)16(14)11-10(13)5-2-6-15-11/h1-3,6-7,9-10H,4-5,13-14H2. The van der Waals surface area contributed by atoms with Gasteiger partial charge in [-0.2, -0.15) is 0 Å². The van der Waals surface area contributed by atoms with E-state index < -0.39 is 0 Å². The van der Waals surface area contributed by atoms with Crippen molar-refractivity contribution in [2.45, 2.75) is 24.9 Å². The van der Waals surface area contributed by atoms with Crippen molar-refractivity contribution in [1.29, 1.82) is 0 Å². The van der Waals surface area contributed by atoms with E-state index in [-0.39, 0.29) is 12.1 Å². The number of hydrogen-bond donors (Lipinski definition) is 2. The fourth-order valence-corrected chi connectivity index (χ4v) is 2.28. The molecule has 16 heavy (non-hydrogen) atoms. The van der Waals surface area contributed by atoms with E-state index in [4.69, 9.17) is 11.6 Å². The number of halogens is 1. The minimum Gasteiger partial charge on any atom is -0.321 e. The van der Waals surface area contributed by atoms with Gasteiger partial charge in [0.05, 0.1) is 12.1 Å². The lowest BCUT2D eigenvalue weighted by atomic mass is 10.1. The van der Waals surface area contributed by atoms with Crippen LogP contribution in [0.4, 0.5) is 0 Å². The highest BCUT2D eigenvalue weighted by Gasteiger charge is 2.23. The van der Waals surface area contributed by atoms with E-state index in [9.17, 15) is 0 Å². The minimum atomic E-state index is -0.104. The van der Waals surface area contributed by atoms with E-state index in [1.807, 2.05) is 12.2 Å². The number of nitrogens with two attached hydrogens (primary N) is 2. The van der Waals surface area contributed by atoms with Gasteiger partial charge in [0, 0.05) is 10.7 Å². The summed E-state index contributed by atoms with van der Waals surface area (Å²) in [5.74, 6) is 6.81. The Labute approximate surface area is 103 Å². The molecular formula is C11H15BrN4. The second kappa shape index (κ2) is 4.95. The van der Waals surface area contributed by atoms with Gasteiger partial charge in [0.25, 0.3) is 0 Å². The summed E-state index contributed by atoms with van der Waals surface area (Å²) in [5, 5.41) is 1.67. The van der Waals surface area contributed by atoms with Gasteiger partial charge in [-0.15, -0.1) is 0 Å². The molecule has 1 aliphatic carbocycles. The summed E-state index contributed by atoms with van der Waals surface area (Å²) in [6.45, 7) is 0. The molecule has 0 spiro atoms. The Hall–Kier alpha value is -0.910. The van der Waals surface area contributed by atoms with Crippen molar-refractivity contribution in [3.05, 3.63) is 35.0 Å². The number of amidine groups is 1. The van der Waals surface area contributed by atoms with Crippen LogP contribution in [0.3, 0.4) is 0 Å². The van der Waals surface area contributed by atoms with Gasteiger partial charge >= 0.3 is 0 Å². The third-order valence-electron chi connectivity index (χ3n) is 2.66. The molecule has 86 valence electrons. The van der Waals surface area contributed by atoms with Crippen molar-refractivity contribution in [2.24, 2.45) is 16.6 Å². The first kappa shape index (κ1) is 11.6. The Morgan fingerprint density at radius 2 is 2.19 bits per heavy atom. The van der Waals surface area contributed by atoms with Gasteiger partial charge in [0.1, 0.15) is 5.84 Å². The summed E-state index contributed by atoms with van der Waals surface area (Å²) < 4.78 is 1.04. The third-order valence-corrected chi connectivity index (χ3v) is 3.19. The summed E-state index contributed by atoms with van der Waals surface area (Å²) in [7, 11) is 0. The van der Waals surface area contributed by atoms with E-state index in [1.54, 1.807) is 11.2 Å². The van der Waals surface area contributed by atoms with Gasteiger partial charge in [-0.25, -0.2) is 10.8 Å².